The zero-order valence-electron chi connectivity index (χ0n) is 14.6. The number of rotatable bonds is 2. The van der Waals surface area contributed by atoms with E-state index in [2.05, 4.69) is 27.7 Å². The van der Waals surface area contributed by atoms with Gasteiger partial charge >= 0.3 is 0 Å². The van der Waals surface area contributed by atoms with E-state index in [1.165, 1.54) is 25.7 Å². The molecular weight excluding hydrogens is 280 g/mol. The first-order valence-corrected chi connectivity index (χ1v) is 9.18. The molecule has 0 aromatic heterocycles. The van der Waals surface area contributed by atoms with Crippen LogP contribution in [0, 0.1) is 0 Å². The highest BCUT2D eigenvalue weighted by molar-refractivity contribution is 4.88. The fourth-order valence-electron chi connectivity index (χ4n) is 4.31. The van der Waals surface area contributed by atoms with Crippen LogP contribution < -0.4 is 0 Å². The molecule has 0 unspecified atom stereocenters. The number of ether oxygens (including phenoxy) is 4. The fourth-order valence-corrected chi connectivity index (χ4v) is 4.31. The lowest BCUT2D eigenvalue weighted by Gasteiger charge is -2.26. The first kappa shape index (κ1) is 16.7. The molecule has 0 saturated carbocycles. The van der Waals surface area contributed by atoms with Gasteiger partial charge in [0, 0.05) is 12.8 Å². The third kappa shape index (κ3) is 3.35. The molecule has 128 valence electrons. The van der Waals surface area contributed by atoms with Crippen molar-refractivity contribution in [2.75, 3.05) is 0 Å². The van der Waals surface area contributed by atoms with Crippen LogP contribution in [-0.2, 0) is 18.9 Å². The highest BCUT2D eigenvalue weighted by atomic mass is 16.8. The SMILES string of the molecule is CC[C@H]1O[C@@]2(C)CCC[C@@H]1O2.CC[C@H]1O[C@]2(C)CCC[C@H]1O2. The Morgan fingerprint density at radius 1 is 0.727 bits per heavy atom. The lowest BCUT2D eigenvalue weighted by molar-refractivity contribution is -0.179. The molecule has 0 N–H and O–H groups in total. The highest BCUT2D eigenvalue weighted by Crippen LogP contribution is 2.41. The number of hydrogen-bond donors (Lipinski definition) is 0. The molecule has 0 radical (unpaired) electrons. The molecule has 4 bridgehead atoms. The molecular formula is C18H32O4. The van der Waals surface area contributed by atoms with Gasteiger partial charge in [0.05, 0.1) is 24.4 Å². The van der Waals surface area contributed by atoms with Crippen LogP contribution >= 0.6 is 0 Å². The topological polar surface area (TPSA) is 36.9 Å². The van der Waals surface area contributed by atoms with E-state index in [0.29, 0.717) is 24.4 Å². The second-order valence-corrected chi connectivity index (χ2v) is 7.49. The van der Waals surface area contributed by atoms with Gasteiger partial charge in [0.15, 0.2) is 11.6 Å². The van der Waals surface area contributed by atoms with E-state index in [-0.39, 0.29) is 11.6 Å². The summed E-state index contributed by atoms with van der Waals surface area (Å²) in [6.07, 6.45) is 10.7. The quantitative estimate of drug-likeness (QED) is 0.767. The van der Waals surface area contributed by atoms with Gasteiger partial charge in [-0.2, -0.15) is 0 Å². The van der Waals surface area contributed by atoms with Crippen LogP contribution in [0.4, 0.5) is 0 Å². The third-order valence-corrected chi connectivity index (χ3v) is 5.48. The molecule has 4 fully saturated rings. The summed E-state index contributed by atoms with van der Waals surface area (Å²) in [6.45, 7) is 8.46. The number of fused-ring (bicyclic) bond motifs is 4. The van der Waals surface area contributed by atoms with Gasteiger partial charge in [-0.15, -0.1) is 0 Å². The lowest BCUT2D eigenvalue weighted by Crippen LogP contribution is -2.30. The van der Waals surface area contributed by atoms with Crippen molar-refractivity contribution < 1.29 is 18.9 Å². The Hall–Kier alpha value is -0.160. The summed E-state index contributed by atoms with van der Waals surface area (Å²) in [5.74, 6) is -0.465. The van der Waals surface area contributed by atoms with E-state index in [9.17, 15) is 0 Å². The Kier molecular flexibility index (Phi) is 4.84. The molecule has 4 saturated heterocycles. The molecule has 0 spiro atoms. The number of hydrogen-bond acceptors (Lipinski definition) is 4. The molecule has 0 aromatic carbocycles. The summed E-state index contributed by atoms with van der Waals surface area (Å²) in [5.41, 5.74) is 0. The van der Waals surface area contributed by atoms with Gasteiger partial charge in [-0.05, 0) is 52.4 Å². The Labute approximate surface area is 134 Å². The van der Waals surface area contributed by atoms with Gasteiger partial charge < -0.3 is 18.9 Å². The van der Waals surface area contributed by atoms with Crippen LogP contribution in [0.1, 0.15) is 79.1 Å². The van der Waals surface area contributed by atoms with Gasteiger partial charge in [0.25, 0.3) is 0 Å². The van der Waals surface area contributed by atoms with Crippen LogP contribution in [0.25, 0.3) is 0 Å². The van der Waals surface area contributed by atoms with Gasteiger partial charge in [-0.25, -0.2) is 0 Å². The average molecular weight is 312 g/mol. The zero-order valence-corrected chi connectivity index (χ0v) is 14.6. The van der Waals surface area contributed by atoms with E-state index < -0.39 is 0 Å². The van der Waals surface area contributed by atoms with Gasteiger partial charge in [0.2, 0.25) is 0 Å². The van der Waals surface area contributed by atoms with Gasteiger partial charge in [-0.1, -0.05) is 13.8 Å². The molecule has 4 heteroatoms. The third-order valence-electron chi connectivity index (χ3n) is 5.48. The summed E-state index contributed by atoms with van der Waals surface area (Å²) in [4.78, 5) is 0. The Bertz CT molecular complexity index is 351. The Morgan fingerprint density at radius 3 is 1.45 bits per heavy atom. The Morgan fingerprint density at radius 2 is 1.14 bits per heavy atom. The molecule has 4 rings (SSSR count). The lowest BCUT2D eigenvalue weighted by atomic mass is 10.0. The zero-order chi connectivity index (χ0) is 15.8. The van der Waals surface area contributed by atoms with Crippen molar-refractivity contribution in [1.82, 2.24) is 0 Å². The molecule has 0 aliphatic carbocycles. The maximum atomic E-state index is 5.80. The van der Waals surface area contributed by atoms with E-state index in [1.54, 1.807) is 0 Å². The van der Waals surface area contributed by atoms with E-state index in [0.717, 1.165) is 25.7 Å². The monoisotopic (exact) mass is 312 g/mol. The summed E-state index contributed by atoms with van der Waals surface area (Å²) in [6, 6.07) is 0. The molecule has 6 atom stereocenters. The van der Waals surface area contributed by atoms with Crippen LogP contribution in [-0.4, -0.2) is 36.0 Å². The Balaban J connectivity index is 0.000000131. The fraction of sp³-hybridized carbons (Fsp3) is 1.00. The van der Waals surface area contributed by atoms with E-state index in [4.69, 9.17) is 18.9 Å². The first-order valence-electron chi connectivity index (χ1n) is 9.18. The van der Waals surface area contributed by atoms with Crippen molar-refractivity contribution >= 4 is 0 Å². The first-order chi connectivity index (χ1) is 10.5. The van der Waals surface area contributed by atoms with Crippen molar-refractivity contribution in [3.05, 3.63) is 0 Å². The van der Waals surface area contributed by atoms with Crippen molar-refractivity contribution in [1.29, 1.82) is 0 Å². The van der Waals surface area contributed by atoms with Crippen molar-refractivity contribution in [3.63, 3.8) is 0 Å². The molecule has 22 heavy (non-hydrogen) atoms. The second-order valence-electron chi connectivity index (χ2n) is 7.49. The maximum absolute atomic E-state index is 5.80. The maximum Gasteiger partial charge on any atom is 0.166 e. The van der Waals surface area contributed by atoms with Crippen molar-refractivity contribution in [2.45, 2.75) is 115 Å². The van der Waals surface area contributed by atoms with Crippen LogP contribution in [0.15, 0.2) is 0 Å². The van der Waals surface area contributed by atoms with Crippen LogP contribution in [0.2, 0.25) is 0 Å². The van der Waals surface area contributed by atoms with Crippen LogP contribution in [0.3, 0.4) is 0 Å². The standard InChI is InChI=1S/2C9H16O2/c2*1-3-7-8-5-4-6-9(2,10-7)11-8/h2*7-8H,3-6H2,1-2H3/t7-,8+,9-;7-,8-,9+/m11/s1. The van der Waals surface area contributed by atoms with E-state index >= 15 is 0 Å². The molecule has 0 amide bonds. The average Bonchev–Trinajstić information content (AvgIpc) is 2.87. The second kappa shape index (κ2) is 6.39. The summed E-state index contributed by atoms with van der Waals surface area (Å²) < 4.78 is 23.1. The molecule has 4 nitrogen and oxygen atoms in total. The van der Waals surface area contributed by atoms with Gasteiger partial charge in [0.1, 0.15) is 0 Å². The molecule has 4 heterocycles. The highest BCUT2D eigenvalue weighted by Gasteiger charge is 2.46. The predicted octanol–water partition coefficient (Wildman–Crippen LogP) is 4.16. The molecule has 4 aliphatic rings. The predicted molar refractivity (Wildman–Crippen MR) is 84.6 cm³/mol. The summed E-state index contributed by atoms with van der Waals surface area (Å²) in [7, 11) is 0. The minimum Gasteiger partial charge on any atom is -0.344 e. The van der Waals surface area contributed by atoms with Gasteiger partial charge in [-0.3, -0.25) is 0 Å². The summed E-state index contributed by atoms with van der Waals surface area (Å²) >= 11 is 0. The normalized spacial score (nSPS) is 49.6. The minimum absolute atomic E-state index is 0.233. The molecule has 0 aromatic rings. The van der Waals surface area contributed by atoms with E-state index in [1.807, 2.05) is 0 Å². The largest absolute Gasteiger partial charge is 0.344 e. The van der Waals surface area contributed by atoms with Crippen molar-refractivity contribution in [2.24, 2.45) is 0 Å². The van der Waals surface area contributed by atoms with Crippen LogP contribution in [0.5, 0.6) is 0 Å². The smallest absolute Gasteiger partial charge is 0.166 e. The van der Waals surface area contributed by atoms with Crippen molar-refractivity contribution in [3.8, 4) is 0 Å². The molecule has 4 aliphatic heterocycles. The summed E-state index contributed by atoms with van der Waals surface area (Å²) in [5, 5.41) is 0. The minimum atomic E-state index is -0.233.